The maximum Gasteiger partial charge on any atom is 0.335 e. The number of aromatic nitrogens is 1. The Morgan fingerprint density at radius 2 is 1.91 bits per heavy atom. The van der Waals surface area contributed by atoms with Gasteiger partial charge in [-0.05, 0) is 36.4 Å². The third kappa shape index (κ3) is 2.40. The maximum absolute atomic E-state index is 11.0. The van der Waals surface area contributed by atoms with Gasteiger partial charge < -0.3 is 19.0 Å². The Morgan fingerprint density at radius 3 is 2.78 bits per heavy atom. The van der Waals surface area contributed by atoms with E-state index in [1.165, 1.54) is 18.4 Å². The number of carboxylic acid groups (broad SMARTS) is 1. The van der Waals surface area contributed by atoms with Gasteiger partial charge in [0.25, 0.3) is 0 Å². The van der Waals surface area contributed by atoms with E-state index in [0.29, 0.717) is 28.6 Å². The van der Waals surface area contributed by atoms with Gasteiger partial charge in [0.15, 0.2) is 11.5 Å². The molecule has 1 aliphatic heterocycles. The predicted molar refractivity (Wildman–Crippen MR) is 80.5 cm³/mol. The Bertz CT molecular complexity index is 900. The van der Waals surface area contributed by atoms with Crippen molar-refractivity contribution in [3.05, 3.63) is 54.3 Å². The molecule has 0 saturated heterocycles. The molecular formula is C17H11NO5. The number of hydrogen-bond acceptors (Lipinski definition) is 5. The number of carboxylic acids is 1. The lowest BCUT2D eigenvalue weighted by atomic mass is 10.1. The summed E-state index contributed by atoms with van der Waals surface area (Å²) >= 11 is 0. The molecule has 1 N–H and O–H groups in total. The van der Waals surface area contributed by atoms with Gasteiger partial charge in [0.1, 0.15) is 12.0 Å². The summed E-state index contributed by atoms with van der Waals surface area (Å²) in [5.74, 6) is 0.738. The van der Waals surface area contributed by atoms with Crippen LogP contribution in [0.5, 0.6) is 11.5 Å². The van der Waals surface area contributed by atoms with Crippen LogP contribution in [-0.4, -0.2) is 22.9 Å². The first-order chi connectivity index (χ1) is 11.2. The number of fused-ring (bicyclic) bond motifs is 1. The number of rotatable bonds is 3. The van der Waals surface area contributed by atoms with Gasteiger partial charge in [-0.15, -0.1) is 0 Å². The molecule has 0 fully saturated rings. The standard InChI is InChI=1S/C17H11NO5/c19-17(20)12-3-1-2-11(6-12)16-18-13(8-21-16)10-4-5-14-15(7-10)23-9-22-14/h1-8H,9H2,(H,19,20). The molecule has 2 aromatic carbocycles. The highest BCUT2D eigenvalue weighted by Crippen LogP contribution is 2.36. The molecule has 0 radical (unpaired) electrons. The fourth-order valence-corrected chi connectivity index (χ4v) is 2.38. The average molecular weight is 309 g/mol. The molecule has 114 valence electrons. The third-order valence-electron chi connectivity index (χ3n) is 3.53. The highest BCUT2D eigenvalue weighted by molar-refractivity contribution is 5.89. The number of carbonyl (C=O) groups is 1. The lowest BCUT2D eigenvalue weighted by molar-refractivity contribution is 0.0697. The zero-order valence-corrected chi connectivity index (χ0v) is 11.9. The molecule has 6 heteroatoms. The Morgan fingerprint density at radius 1 is 1.04 bits per heavy atom. The highest BCUT2D eigenvalue weighted by Gasteiger charge is 2.16. The Hall–Kier alpha value is -3.28. The fourth-order valence-electron chi connectivity index (χ4n) is 2.38. The molecule has 1 aromatic heterocycles. The largest absolute Gasteiger partial charge is 0.478 e. The van der Waals surface area contributed by atoms with Crippen molar-refractivity contribution in [1.29, 1.82) is 0 Å². The van der Waals surface area contributed by atoms with E-state index < -0.39 is 5.97 Å². The number of ether oxygens (including phenoxy) is 2. The molecule has 23 heavy (non-hydrogen) atoms. The molecule has 2 heterocycles. The van der Waals surface area contributed by atoms with E-state index in [-0.39, 0.29) is 12.4 Å². The first-order valence-electron chi connectivity index (χ1n) is 6.90. The van der Waals surface area contributed by atoms with Gasteiger partial charge in [0.2, 0.25) is 12.7 Å². The second-order valence-corrected chi connectivity index (χ2v) is 4.99. The van der Waals surface area contributed by atoms with Crippen LogP contribution in [0, 0.1) is 0 Å². The summed E-state index contributed by atoms with van der Waals surface area (Å²) in [4.78, 5) is 15.5. The van der Waals surface area contributed by atoms with E-state index in [4.69, 9.17) is 19.0 Å². The SMILES string of the molecule is O=C(O)c1cccc(-c2nc(-c3ccc4c(c3)OCO4)co2)c1. The van der Waals surface area contributed by atoms with Crippen LogP contribution in [0.25, 0.3) is 22.7 Å². The molecule has 0 spiro atoms. The van der Waals surface area contributed by atoms with Crippen molar-refractivity contribution in [1.82, 2.24) is 4.98 Å². The van der Waals surface area contributed by atoms with E-state index in [1.807, 2.05) is 18.2 Å². The zero-order valence-electron chi connectivity index (χ0n) is 11.9. The van der Waals surface area contributed by atoms with Crippen LogP contribution in [0.2, 0.25) is 0 Å². The predicted octanol–water partition coefficient (Wildman–Crippen LogP) is 3.44. The first-order valence-corrected chi connectivity index (χ1v) is 6.90. The van der Waals surface area contributed by atoms with Gasteiger partial charge in [-0.2, -0.15) is 0 Å². The summed E-state index contributed by atoms with van der Waals surface area (Å²) < 4.78 is 16.1. The van der Waals surface area contributed by atoms with Crippen molar-refractivity contribution in [2.75, 3.05) is 6.79 Å². The maximum atomic E-state index is 11.0. The smallest absolute Gasteiger partial charge is 0.335 e. The molecule has 0 amide bonds. The molecule has 0 bridgehead atoms. The van der Waals surface area contributed by atoms with E-state index >= 15 is 0 Å². The molecule has 0 aliphatic carbocycles. The van der Waals surface area contributed by atoms with Crippen LogP contribution in [0.4, 0.5) is 0 Å². The second-order valence-electron chi connectivity index (χ2n) is 4.99. The highest BCUT2D eigenvalue weighted by atomic mass is 16.7. The Balaban J connectivity index is 1.69. The summed E-state index contributed by atoms with van der Waals surface area (Å²) in [5.41, 5.74) is 2.26. The van der Waals surface area contributed by atoms with Gasteiger partial charge in [-0.25, -0.2) is 9.78 Å². The first kappa shape index (κ1) is 13.4. The Kier molecular flexibility index (Phi) is 3.01. The van der Waals surface area contributed by atoms with E-state index in [9.17, 15) is 4.79 Å². The molecule has 3 aromatic rings. The third-order valence-corrected chi connectivity index (χ3v) is 3.53. The van der Waals surface area contributed by atoms with Crippen LogP contribution in [0.3, 0.4) is 0 Å². The zero-order chi connectivity index (χ0) is 15.8. The Labute approximate surface area is 130 Å². The lowest BCUT2D eigenvalue weighted by Crippen LogP contribution is -1.95. The number of aromatic carboxylic acids is 1. The minimum absolute atomic E-state index is 0.185. The number of nitrogens with zero attached hydrogens (tertiary/aromatic N) is 1. The normalized spacial score (nSPS) is 12.3. The molecule has 0 atom stereocenters. The van der Waals surface area contributed by atoms with Crippen molar-refractivity contribution < 1.29 is 23.8 Å². The van der Waals surface area contributed by atoms with Gasteiger partial charge in [-0.1, -0.05) is 6.07 Å². The van der Waals surface area contributed by atoms with Crippen LogP contribution in [0.15, 0.2) is 53.1 Å². The fraction of sp³-hybridized carbons (Fsp3) is 0.0588. The van der Waals surface area contributed by atoms with Gasteiger partial charge in [0, 0.05) is 11.1 Å². The summed E-state index contributed by atoms with van der Waals surface area (Å²) in [6.07, 6.45) is 1.53. The lowest BCUT2D eigenvalue weighted by Gasteiger charge is -1.99. The second kappa shape index (κ2) is 5.17. The quantitative estimate of drug-likeness (QED) is 0.798. The molecule has 6 nitrogen and oxygen atoms in total. The number of benzene rings is 2. The molecular weight excluding hydrogens is 298 g/mol. The summed E-state index contributed by atoms with van der Waals surface area (Å²) in [5, 5.41) is 9.05. The summed E-state index contributed by atoms with van der Waals surface area (Å²) in [6.45, 7) is 0.213. The van der Waals surface area contributed by atoms with E-state index in [1.54, 1.807) is 12.1 Å². The van der Waals surface area contributed by atoms with Crippen LogP contribution >= 0.6 is 0 Å². The van der Waals surface area contributed by atoms with Crippen molar-refractivity contribution in [2.45, 2.75) is 0 Å². The van der Waals surface area contributed by atoms with Crippen molar-refractivity contribution in [3.8, 4) is 34.2 Å². The summed E-state index contributed by atoms with van der Waals surface area (Å²) in [6, 6.07) is 12.0. The summed E-state index contributed by atoms with van der Waals surface area (Å²) in [7, 11) is 0. The van der Waals surface area contributed by atoms with Crippen LogP contribution in [0.1, 0.15) is 10.4 Å². The minimum atomic E-state index is -0.991. The van der Waals surface area contributed by atoms with Crippen LogP contribution in [-0.2, 0) is 0 Å². The number of hydrogen-bond donors (Lipinski definition) is 1. The topological polar surface area (TPSA) is 81.8 Å². The monoisotopic (exact) mass is 309 g/mol. The molecule has 0 saturated carbocycles. The van der Waals surface area contributed by atoms with E-state index in [0.717, 1.165) is 5.56 Å². The molecule has 0 unspecified atom stereocenters. The minimum Gasteiger partial charge on any atom is -0.478 e. The molecule has 4 rings (SSSR count). The van der Waals surface area contributed by atoms with Crippen molar-refractivity contribution >= 4 is 5.97 Å². The number of oxazole rings is 1. The average Bonchev–Trinajstić information content (AvgIpc) is 3.23. The van der Waals surface area contributed by atoms with Gasteiger partial charge in [0.05, 0.1) is 5.56 Å². The van der Waals surface area contributed by atoms with Crippen molar-refractivity contribution in [2.24, 2.45) is 0 Å². The van der Waals surface area contributed by atoms with Crippen LogP contribution < -0.4 is 9.47 Å². The van der Waals surface area contributed by atoms with Gasteiger partial charge >= 0.3 is 5.97 Å². The van der Waals surface area contributed by atoms with E-state index in [2.05, 4.69) is 4.98 Å². The molecule has 1 aliphatic rings. The van der Waals surface area contributed by atoms with Crippen molar-refractivity contribution in [3.63, 3.8) is 0 Å². The van der Waals surface area contributed by atoms with Gasteiger partial charge in [-0.3, -0.25) is 0 Å².